The molecule has 1 aromatic carbocycles. The normalized spacial score (nSPS) is 10.8. The van der Waals surface area contributed by atoms with Crippen LogP contribution in [0.2, 0.25) is 0 Å². The zero-order valence-corrected chi connectivity index (χ0v) is 12.8. The predicted octanol–water partition coefficient (Wildman–Crippen LogP) is 3.56. The summed E-state index contributed by atoms with van der Waals surface area (Å²) in [6.45, 7) is 5.79. The van der Waals surface area contributed by atoms with Crippen molar-refractivity contribution in [2.75, 3.05) is 11.4 Å². The predicted molar refractivity (Wildman–Crippen MR) is 78.7 cm³/mol. The summed E-state index contributed by atoms with van der Waals surface area (Å²) in [5, 5.41) is 3.85. The molecule has 0 saturated carbocycles. The molecule has 0 N–H and O–H groups in total. The summed E-state index contributed by atoms with van der Waals surface area (Å²) in [6.07, 6.45) is 0.746. The van der Waals surface area contributed by atoms with Crippen molar-refractivity contribution in [3.8, 4) is 0 Å². The molecule has 0 spiro atoms. The zero-order valence-electron chi connectivity index (χ0n) is 12.8. The Balaban J connectivity index is 2.10. The monoisotopic (exact) mass is 308 g/mol. The van der Waals surface area contributed by atoms with Crippen LogP contribution in [-0.2, 0) is 11.2 Å². The number of rotatable bonds is 5. The Kier molecular flexibility index (Phi) is 4.90. The van der Waals surface area contributed by atoms with Crippen molar-refractivity contribution < 1.29 is 18.1 Å². The summed E-state index contributed by atoms with van der Waals surface area (Å²) in [7, 11) is 0. The van der Waals surface area contributed by atoms with Crippen LogP contribution in [0.15, 0.2) is 22.7 Å². The highest BCUT2D eigenvalue weighted by Gasteiger charge is 2.17. The summed E-state index contributed by atoms with van der Waals surface area (Å²) in [6, 6.07) is 3.46. The van der Waals surface area contributed by atoms with Crippen LogP contribution in [0, 0.1) is 25.5 Å². The standard InChI is InChI=1S/C16H18F2N2O2/c1-4-20(12-5-7-14(17)15(18)9-12)16(21)8-6-13-10(2)19-22-11(13)3/h5,7,9H,4,6,8H2,1-3H3. The smallest absolute Gasteiger partial charge is 0.227 e. The van der Waals surface area contributed by atoms with E-state index in [0.717, 1.165) is 23.4 Å². The minimum Gasteiger partial charge on any atom is -0.361 e. The van der Waals surface area contributed by atoms with Gasteiger partial charge in [-0.1, -0.05) is 5.16 Å². The first-order chi connectivity index (χ1) is 10.4. The molecule has 0 atom stereocenters. The summed E-state index contributed by atoms with van der Waals surface area (Å²) < 4.78 is 31.4. The number of carbonyl (C=O) groups excluding carboxylic acids is 1. The highest BCUT2D eigenvalue weighted by atomic mass is 19.2. The van der Waals surface area contributed by atoms with Crippen LogP contribution >= 0.6 is 0 Å². The largest absolute Gasteiger partial charge is 0.361 e. The van der Waals surface area contributed by atoms with E-state index in [9.17, 15) is 13.6 Å². The lowest BCUT2D eigenvalue weighted by atomic mass is 10.1. The molecule has 118 valence electrons. The van der Waals surface area contributed by atoms with E-state index in [1.54, 1.807) is 13.8 Å². The first-order valence-corrected chi connectivity index (χ1v) is 7.11. The van der Waals surface area contributed by atoms with Gasteiger partial charge in [0.05, 0.1) is 5.69 Å². The van der Waals surface area contributed by atoms with Gasteiger partial charge in [0.2, 0.25) is 5.91 Å². The third kappa shape index (κ3) is 3.32. The lowest BCUT2D eigenvalue weighted by Crippen LogP contribution is -2.31. The van der Waals surface area contributed by atoms with Crippen molar-refractivity contribution in [3.05, 3.63) is 46.9 Å². The van der Waals surface area contributed by atoms with Crippen molar-refractivity contribution in [2.45, 2.75) is 33.6 Å². The van der Waals surface area contributed by atoms with Crippen molar-refractivity contribution in [1.82, 2.24) is 5.16 Å². The van der Waals surface area contributed by atoms with Gasteiger partial charge in [-0.05, 0) is 39.3 Å². The van der Waals surface area contributed by atoms with Crippen molar-refractivity contribution in [3.63, 3.8) is 0 Å². The average Bonchev–Trinajstić information content (AvgIpc) is 2.80. The Morgan fingerprint density at radius 1 is 1.27 bits per heavy atom. The van der Waals surface area contributed by atoms with E-state index < -0.39 is 11.6 Å². The van der Waals surface area contributed by atoms with Gasteiger partial charge in [-0.3, -0.25) is 4.79 Å². The molecule has 2 aromatic rings. The van der Waals surface area contributed by atoms with Crippen LogP contribution in [0.3, 0.4) is 0 Å². The molecular weight excluding hydrogens is 290 g/mol. The first-order valence-electron chi connectivity index (χ1n) is 7.11. The van der Waals surface area contributed by atoms with Crippen LogP contribution in [0.25, 0.3) is 0 Å². The van der Waals surface area contributed by atoms with Gasteiger partial charge in [0.25, 0.3) is 0 Å². The van der Waals surface area contributed by atoms with Gasteiger partial charge < -0.3 is 9.42 Å². The summed E-state index contributed by atoms with van der Waals surface area (Å²) in [5.74, 6) is -1.35. The number of nitrogens with zero attached hydrogens (tertiary/aromatic N) is 2. The first kappa shape index (κ1) is 16.1. The number of anilines is 1. The molecule has 1 amide bonds. The van der Waals surface area contributed by atoms with Gasteiger partial charge in [-0.2, -0.15) is 0 Å². The molecule has 0 aliphatic carbocycles. The second-order valence-electron chi connectivity index (χ2n) is 5.04. The van der Waals surface area contributed by atoms with Crippen LogP contribution in [-0.4, -0.2) is 17.6 Å². The zero-order chi connectivity index (χ0) is 16.3. The van der Waals surface area contributed by atoms with E-state index in [4.69, 9.17) is 4.52 Å². The van der Waals surface area contributed by atoms with E-state index in [1.165, 1.54) is 11.0 Å². The molecule has 1 aromatic heterocycles. The van der Waals surface area contributed by atoms with E-state index >= 15 is 0 Å². The Bertz CT molecular complexity index is 663. The van der Waals surface area contributed by atoms with E-state index in [-0.39, 0.29) is 12.3 Å². The van der Waals surface area contributed by atoms with Crippen molar-refractivity contribution >= 4 is 11.6 Å². The number of hydrogen-bond acceptors (Lipinski definition) is 3. The molecule has 0 unspecified atom stereocenters. The molecular formula is C16H18F2N2O2. The number of benzene rings is 1. The van der Waals surface area contributed by atoms with Crippen molar-refractivity contribution in [2.24, 2.45) is 0 Å². The number of aryl methyl sites for hydroxylation is 2. The van der Waals surface area contributed by atoms with Crippen LogP contribution in [0.4, 0.5) is 14.5 Å². The highest BCUT2D eigenvalue weighted by Crippen LogP contribution is 2.20. The number of amides is 1. The fourth-order valence-electron chi connectivity index (χ4n) is 2.38. The van der Waals surface area contributed by atoms with E-state index in [0.29, 0.717) is 24.4 Å². The van der Waals surface area contributed by atoms with Gasteiger partial charge in [-0.15, -0.1) is 0 Å². The summed E-state index contributed by atoms with van der Waals surface area (Å²) >= 11 is 0. The molecule has 22 heavy (non-hydrogen) atoms. The van der Waals surface area contributed by atoms with E-state index in [1.807, 2.05) is 6.92 Å². The molecule has 0 radical (unpaired) electrons. The summed E-state index contributed by atoms with van der Waals surface area (Å²) in [4.78, 5) is 13.8. The van der Waals surface area contributed by atoms with Gasteiger partial charge in [0.1, 0.15) is 5.76 Å². The molecule has 0 aliphatic rings. The fourth-order valence-corrected chi connectivity index (χ4v) is 2.38. The van der Waals surface area contributed by atoms with Crippen LogP contribution in [0.1, 0.15) is 30.4 Å². The molecule has 1 heterocycles. The fraction of sp³-hybridized carbons (Fsp3) is 0.375. The molecule has 2 rings (SSSR count). The summed E-state index contributed by atoms with van der Waals surface area (Å²) in [5.41, 5.74) is 2.03. The van der Waals surface area contributed by atoms with Crippen LogP contribution < -0.4 is 4.90 Å². The molecule has 0 bridgehead atoms. The average molecular weight is 308 g/mol. The van der Waals surface area contributed by atoms with Gasteiger partial charge in [0.15, 0.2) is 11.6 Å². The maximum atomic E-state index is 13.3. The lowest BCUT2D eigenvalue weighted by molar-refractivity contribution is -0.118. The quantitative estimate of drug-likeness (QED) is 0.848. The number of halogens is 2. The molecule has 4 nitrogen and oxygen atoms in total. The maximum Gasteiger partial charge on any atom is 0.227 e. The number of carbonyl (C=O) groups is 1. The second kappa shape index (κ2) is 6.68. The molecule has 0 saturated heterocycles. The van der Waals surface area contributed by atoms with Crippen LogP contribution in [0.5, 0.6) is 0 Å². The molecule has 6 heteroatoms. The molecule has 0 fully saturated rings. The van der Waals surface area contributed by atoms with Crippen molar-refractivity contribution in [1.29, 1.82) is 0 Å². The Hall–Kier alpha value is -2.24. The maximum absolute atomic E-state index is 13.3. The molecule has 0 aliphatic heterocycles. The Morgan fingerprint density at radius 3 is 2.55 bits per heavy atom. The number of aromatic nitrogens is 1. The SMILES string of the molecule is CCN(C(=O)CCc1c(C)noc1C)c1ccc(F)c(F)c1. The second-order valence-corrected chi connectivity index (χ2v) is 5.04. The Labute approximate surface area is 127 Å². The minimum absolute atomic E-state index is 0.159. The third-order valence-electron chi connectivity index (χ3n) is 3.60. The van der Waals surface area contributed by atoms with E-state index in [2.05, 4.69) is 5.16 Å². The minimum atomic E-state index is -0.963. The topological polar surface area (TPSA) is 46.3 Å². The van der Waals surface area contributed by atoms with Gasteiger partial charge in [-0.25, -0.2) is 8.78 Å². The van der Waals surface area contributed by atoms with Gasteiger partial charge in [0, 0.05) is 30.3 Å². The Morgan fingerprint density at radius 2 is 2.00 bits per heavy atom. The lowest BCUT2D eigenvalue weighted by Gasteiger charge is -2.21. The third-order valence-corrected chi connectivity index (χ3v) is 3.60. The highest BCUT2D eigenvalue weighted by molar-refractivity contribution is 5.93. The number of hydrogen-bond donors (Lipinski definition) is 0. The van der Waals surface area contributed by atoms with Gasteiger partial charge >= 0.3 is 0 Å².